The molecule has 1 saturated heterocycles. The highest BCUT2D eigenvalue weighted by Gasteiger charge is 2.35. The molecule has 1 fully saturated rings. The normalized spacial score (nSPS) is 20.2. The summed E-state index contributed by atoms with van der Waals surface area (Å²) in [5, 5.41) is 20.1. The Labute approximate surface area is 146 Å². The highest BCUT2D eigenvalue weighted by Crippen LogP contribution is 2.34. The average Bonchev–Trinajstić information content (AvgIpc) is 3.18. The van der Waals surface area contributed by atoms with Crippen LogP contribution in [-0.2, 0) is 23.1 Å². The summed E-state index contributed by atoms with van der Waals surface area (Å²) in [5.41, 5.74) is 1.81. The first kappa shape index (κ1) is 17.2. The van der Waals surface area contributed by atoms with Crippen LogP contribution in [-0.4, -0.2) is 32.1 Å². The molecule has 3 heterocycles. The number of nitrogens with zero attached hydrogens (tertiary/aromatic N) is 5. The fourth-order valence-electron chi connectivity index (χ4n) is 3.18. The van der Waals surface area contributed by atoms with Crippen molar-refractivity contribution in [3.63, 3.8) is 0 Å². The van der Waals surface area contributed by atoms with Crippen LogP contribution in [0, 0.1) is 24.2 Å². The summed E-state index contributed by atoms with van der Waals surface area (Å²) in [4.78, 5) is 12.8. The Bertz CT molecular complexity index is 787. The van der Waals surface area contributed by atoms with E-state index >= 15 is 0 Å². The molecule has 132 valence electrons. The van der Waals surface area contributed by atoms with E-state index in [1.54, 1.807) is 15.6 Å². The summed E-state index contributed by atoms with van der Waals surface area (Å²) in [6.07, 6.45) is 3.40. The maximum absolute atomic E-state index is 12.8. The summed E-state index contributed by atoms with van der Waals surface area (Å²) in [6.45, 7) is 3.06. The Morgan fingerprint density at radius 3 is 3.12 bits per heavy atom. The van der Waals surface area contributed by atoms with Crippen molar-refractivity contribution in [3.8, 4) is 6.07 Å². The molecule has 8 heteroatoms. The van der Waals surface area contributed by atoms with Gasteiger partial charge >= 0.3 is 0 Å². The van der Waals surface area contributed by atoms with Gasteiger partial charge in [-0.1, -0.05) is 0 Å². The van der Waals surface area contributed by atoms with E-state index in [2.05, 4.69) is 21.6 Å². The minimum absolute atomic E-state index is 0.101. The lowest BCUT2D eigenvalue weighted by Crippen LogP contribution is -2.34. The third-order valence-corrected chi connectivity index (χ3v) is 4.48. The quantitative estimate of drug-likeness (QED) is 0.895. The monoisotopic (exact) mass is 342 g/mol. The Kier molecular flexibility index (Phi) is 5.14. The van der Waals surface area contributed by atoms with Crippen molar-refractivity contribution >= 4 is 11.7 Å². The van der Waals surface area contributed by atoms with Crippen molar-refractivity contribution in [2.24, 2.45) is 13.0 Å². The largest absolute Gasteiger partial charge is 0.371 e. The zero-order chi connectivity index (χ0) is 17.8. The van der Waals surface area contributed by atoms with Crippen molar-refractivity contribution in [3.05, 3.63) is 29.7 Å². The summed E-state index contributed by atoms with van der Waals surface area (Å²) in [7, 11) is 1.85. The van der Waals surface area contributed by atoms with Crippen LogP contribution in [0.15, 0.2) is 18.3 Å². The van der Waals surface area contributed by atoms with Gasteiger partial charge in [-0.2, -0.15) is 15.5 Å². The number of ether oxygens (including phenoxy) is 1. The van der Waals surface area contributed by atoms with Gasteiger partial charge in [-0.3, -0.25) is 14.2 Å². The number of nitriles is 1. The van der Waals surface area contributed by atoms with Gasteiger partial charge in [0, 0.05) is 31.6 Å². The fraction of sp³-hybridized carbons (Fsp3) is 0.529. The zero-order valence-electron chi connectivity index (χ0n) is 14.5. The van der Waals surface area contributed by atoms with Gasteiger partial charge in [0.05, 0.1) is 30.6 Å². The molecule has 0 saturated carbocycles. The van der Waals surface area contributed by atoms with Crippen molar-refractivity contribution in [1.29, 1.82) is 5.26 Å². The highest BCUT2D eigenvalue weighted by atomic mass is 16.5. The average molecular weight is 342 g/mol. The summed E-state index contributed by atoms with van der Waals surface area (Å²) < 4.78 is 9.35. The molecular formula is C17H22N6O2. The first-order valence-corrected chi connectivity index (χ1v) is 8.42. The minimum Gasteiger partial charge on any atom is -0.371 e. The number of aryl methyl sites for hydroxylation is 3. The number of rotatable bonds is 5. The molecule has 8 nitrogen and oxygen atoms in total. The third-order valence-electron chi connectivity index (χ3n) is 4.48. The number of aromatic nitrogens is 4. The molecule has 3 rings (SSSR count). The van der Waals surface area contributed by atoms with Crippen molar-refractivity contribution in [2.45, 2.75) is 38.8 Å². The summed E-state index contributed by atoms with van der Waals surface area (Å²) in [5.74, 6) is 0.124. The second-order valence-corrected chi connectivity index (χ2v) is 6.21. The lowest BCUT2D eigenvalue weighted by Gasteiger charge is -2.30. The van der Waals surface area contributed by atoms with E-state index in [1.165, 1.54) is 0 Å². The molecule has 0 radical (unpaired) electrons. The summed E-state index contributed by atoms with van der Waals surface area (Å²) in [6, 6.07) is 5.80. The minimum atomic E-state index is -0.303. The number of carbonyl (C=O) groups is 1. The van der Waals surface area contributed by atoms with Crippen LogP contribution in [0.4, 0.5) is 5.82 Å². The van der Waals surface area contributed by atoms with Gasteiger partial charge in [0.25, 0.3) is 0 Å². The first-order valence-electron chi connectivity index (χ1n) is 8.42. The van der Waals surface area contributed by atoms with E-state index in [0.29, 0.717) is 25.4 Å². The van der Waals surface area contributed by atoms with E-state index in [9.17, 15) is 4.79 Å². The Morgan fingerprint density at radius 2 is 2.40 bits per heavy atom. The molecule has 0 spiro atoms. The first-order chi connectivity index (χ1) is 12.1. The number of amides is 1. The standard InChI is InChI=1S/C17H22N6O2/c1-12-11-15(21-23(12)9-4-7-18)20-17(24)13-5-3-10-25-16(13)14-6-8-19-22(14)2/h6,8,11,13,16H,3-5,9-10H2,1-2H3,(H,20,21,24)/t13-,16-/m1/s1. The van der Waals surface area contributed by atoms with Gasteiger partial charge in [0.15, 0.2) is 5.82 Å². The molecule has 1 aliphatic rings. The van der Waals surface area contributed by atoms with Gasteiger partial charge < -0.3 is 10.1 Å². The van der Waals surface area contributed by atoms with Crippen molar-refractivity contribution in [2.75, 3.05) is 11.9 Å². The maximum atomic E-state index is 12.8. The number of carbonyl (C=O) groups excluding carboxylic acids is 1. The van der Waals surface area contributed by atoms with E-state index in [4.69, 9.17) is 10.00 Å². The van der Waals surface area contributed by atoms with E-state index < -0.39 is 0 Å². The smallest absolute Gasteiger partial charge is 0.231 e. The molecular weight excluding hydrogens is 320 g/mol. The molecule has 1 amide bonds. The predicted octanol–water partition coefficient (Wildman–Crippen LogP) is 1.95. The van der Waals surface area contributed by atoms with Crippen molar-refractivity contribution in [1.82, 2.24) is 19.6 Å². The highest BCUT2D eigenvalue weighted by molar-refractivity contribution is 5.92. The zero-order valence-corrected chi connectivity index (χ0v) is 14.5. The predicted molar refractivity (Wildman–Crippen MR) is 90.4 cm³/mol. The van der Waals surface area contributed by atoms with Crippen LogP contribution >= 0.6 is 0 Å². The molecule has 1 N–H and O–H groups in total. The van der Waals surface area contributed by atoms with Gasteiger partial charge in [-0.25, -0.2) is 0 Å². The van der Waals surface area contributed by atoms with Crippen LogP contribution in [0.3, 0.4) is 0 Å². The third kappa shape index (κ3) is 3.72. The second kappa shape index (κ2) is 7.49. The fourth-order valence-corrected chi connectivity index (χ4v) is 3.18. The van der Waals surface area contributed by atoms with E-state index in [-0.39, 0.29) is 17.9 Å². The molecule has 25 heavy (non-hydrogen) atoms. The second-order valence-electron chi connectivity index (χ2n) is 6.21. The van der Waals surface area contributed by atoms with Gasteiger partial charge in [0.1, 0.15) is 6.10 Å². The molecule has 0 aromatic carbocycles. The van der Waals surface area contributed by atoms with Crippen molar-refractivity contribution < 1.29 is 9.53 Å². The molecule has 2 aromatic rings. The lowest BCUT2D eigenvalue weighted by atomic mass is 9.91. The molecule has 0 aliphatic carbocycles. The SMILES string of the molecule is Cc1cc(NC(=O)[C@@H]2CCCO[C@H]2c2ccnn2C)nn1CCC#N. The number of anilines is 1. The molecule has 0 bridgehead atoms. The Hall–Kier alpha value is -2.66. The number of hydrogen-bond acceptors (Lipinski definition) is 5. The molecule has 1 aliphatic heterocycles. The molecule has 2 aromatic heterocycles. The van der Waals surface area contributed by atoms with Crippen LogP contribution < -0.4 is 5.32 Å². The van der Waals surface area contributed by atoms with E-state index in [1.807, 2.05) is 26.1 Å². The van der Waals surface area contributed by atoms with Crippen LogP contribution in [0.2, 0.25) is 0 Å². The number of hydrogen-bond donors (Lipinski definition) is 1. The maximum Gasteiger partial charge on any atom is 0.231 e. The number of nitrogens with one attached hydrogen (secondary N) is 1. The topological polar surface area (TPSA) is 97.8 Å². The van der Waals surface area contributed by atoms with Crippen LogP contribution in [0.5, 0.6) is 0 Å². The molecule has 2 atom stereocenters. The van der Waals surface area contributed by atoms with Gasteiger partial charge in [-0.05, 0) is 25.8 Å². The Balaban J connectivity index is 1.73. The lowest BCUT2D eigenvalue weighted by molar-refractivity contribution is -0.129. The van der Waals surface area contributed by atoms with Gasteiger partial charge in [0.2, 0.25) is 5.91 Å². The van der Waals surface area contributed by atoms with E-state index in [0.717, 1.165) is 24.2 Å². The summed E-state index contributed by atoms with van der Waals surface area (Å²) >= 11 is 0. The van der Waals surface area contributed by atoms with Gasteiger partial charge in [-0.15, -0.1) is 0 Å². The van der Waals surface area contributed by atoms with Crippen LogP contribution in [0.25, 0.3) is 0 Å². The Morgan fingerprint density at radius 1 is 1.56 bits per heavy atom. The molecule has 0 unspecified atom stereocenters. The van der Waals surface area contributed by atoms with Crippen LogP contribution in [0.1, 0.15) is 36.8 Å².